The Morgan fingerprint density at radius 2 is 2.17 bits per heavy atom. The maximum atomic E-state index is 13.8. The summed E-state index contributed by atoms with van der Waals surface area (Å²) in [5.41, 5.74) is -1.53. The van der Waals surface area contributed by atoms with E-state index in [0.29, 0.717) is 4.48 Å². The lowest BCUT2D eigenvalue weighted by Gasteiger charge is -2.28. The van der Waals surface area contributed by atoms with Gasteiger partial charge in [-0.15, -0.1) is 0 Å². The van der Waals surface area contributed by atoms with Crippen molar-refractivity contribution in [3.05, 3.63) is 22.5 Å². The standard InChI is InChI=1S/C9H11BrF2/c1-6(2)9(12)4-7(10)3-8(11)5-9/h3,5-6H,4H2,1-2H3. The molecule has 0 radical (unpaired) electrons. The minimum atomic E-state index is -1.53. The Hall–Kier alpha value is -0.180. The fourth-order valence-corrected chi connectivity index (χ4v) is 1.80. The minimum absolute atomic E-state index is 0.204. The Labute approximate surface area is 79.5 Å². The third kappa shape index (κ3) is 1.94. The highest BCUT2D eigenvalue weighted by Crippen LogP contribution is 2.38. The van der Waals surface area contributed by atoms with Gasteiger partial charge in [-0.1, -0.05) is 29.8 Å². The summed E-state index contributed by atoms with van der Waals surface area (Å²) in [5.74, 6) is -0.700. The zero-order chi connectivity index (χ0) is 9.35. The van der Waals surface area contributed by atoms with Gasteiger partial charge in [-0.05, 0) is 18.1 Å². The van der Waals surface area contributed by atoms with Gasteiger partial charge in [0, 0.05) is 10.9 Å². The first-order chi connectivity index (χ1) is 5.44. The summed E-state index contributed by atoms with van der Waals surface area (Å²) in [6.45, 7) is 3.49. The van der Waals surface area contributed by atoms with Crippen molar-refractivity contribution in [1.82, 2.24) is 0 Å². The molecule has 0 aromatic heterocycles. The summed E-state index contributed by atoms with van der Waals surface area (Å²) in [6.07, 6.45) is 2.60. The molecule has 0 N–H and O–H groups in total. The van der Waals surface area contributed by atoms with E-state index < -0.39 is 11.5 Å². The number of hydrogen-bond acceptors (Lipinski definition) is 0. The third-order valence-electron chi connectivity index (χ3n) is 2.07. The molecule has 0 aromatic carbocycles. The Morgan fingerprint density at radius 1 is 1.58 bits per heavy atom. The van der Waals surface area contributed by atoms with E-state index in [4.69, 9.17) is 0 Å². The highest BCUT2D eigenvalue weighted by molar-refractivity contribution is 9.11. The molecule has 0 aliphatic heterocycles. The molecule has 3 heteroatoms. The molecule has 1 aliphatic carbocycles. The number of allylic oxidation sites excluding steroid dienone is 4. The van der Waals surface area contributed by atoms with Gasteiger partial charge in [0.25, 0.3) is 0 Å². The molecule has 0 heterocycles. The first-order valence-corrected chi connectivity index (χ1v) is 4.67. The highest BCUT2D eigenvalue weighted by Gasteiger charge is 2.34. The van der Waals surface area contributed by atoms with Gasteiger partial charge in [0.2, 0.25) is 0 Å². The van der Waals surface area contributed by atoms with Crippen LogP contribution in [0.15, 0.2) is 22.5 Å². The second-order valence-corrected chi connectivity index (χ2v) is 4.40. The molecule has 1 rings (SSSR count). The summed E-state index contributed by atoms with van der Waals surface area (Å²) in [7, 11) is 0. The van der Waals surface area contributed by atoms with Crippen molar-refractivity contribution in [3.8, 4) is 0 Å². The van der Waals surface area contributed by atoms with E-state index in [1.807, 2.05) is 0 Å². The van der Waals surface area contributed by atoms with Gasteiger partial charge < -0.3 is 0 Å². The predicted molar refractivity (Wildman–Crippen MR) is 49.5 cm³/mol. The molecule has 12 heavy (non-hydrogen) atoms. The van der Waals surface area contributed by atoms with Crippen molar-refractivity contribution in [2.24, 2.45) is 5.92 Å². The highest BCUT2D eigenvalue weighted by atomic mass is 79.9. The van der Waals surface area contributed by atoms with E-state index in [1.54, 1.807) is 13.8 Å². The average Bonchev–Trinajstić information content (AvgIpc) is 1.82. The van der Waals surface area contributed by atoms with Crippen molar-refractivity contribution in [1.29, 1.82) is 0 Å². The first kappa shape index (κ1) is 9.90. The van der Waals surface area contributed by atoms with Crippen molar-refractivity contribution in [3.63, 3.8) is 0 Å². The quantitative estimate of drug-likeness (QED) is 0.649. The fourth-order valence-electron chi connectivity index (χ4n) is 1.15. The number of halogens is 3. The molecule has 0 spiro atoms. The average molecular weight is 237 g/mol. The Balaban J connectivity index is 2.92. The maximum absolute atomic E-state index is 13.8. The molecule has 0 bridgehead atoms. The molecule has 0 fully saturated rings. The van der Waals surface area contributed by atoms with Crippen LogP contribution < -0.4 is 0 Å². The van der Waals surface area contributed by atoms with E-state index in [2.05, 4.69) is 15.9 Å². The van der Waals surface area contributed by atoms with Crippen LogP contribution >= 0.6 is 15.9 Å². The normalized spacial score (nSPS) is 30.2. The third-order valence-corrected chi connectivity index (χ3v) is 2.58. The lowest BCUT2D eigenvalue weighted by molar-refractivity contribution is 0.157. The van der Waals surface area contributed by atoms with E-state index in [-0.39, 0.29) is 12.3 Å². The zero-order valence-electron chi connectivity index (χ0n) is 7.07. The van der Waals surface area contributed by atoms with Crippen LogP contribution in [0.5, 0.6) is 0 Å². The first-order valence-electron chi connectivity index (χ1n) is 3.87. The van der Waals surface area contributed by atoms with Crippen LogP contribution in [0, 0.1) is 5.92 Å². The zero-order valence-corrected chi connectivity index (χ0v) is 8.66. The molecule has 0 aromatic rings. The van der Waals surface area contributed by atoms with Crippen molar-refractivity contribution in [2.75, 3.05) is 0 Å². The number of alkyl halides is 1. The molecule has 0 nitrogen and oxygen atoms in total. The van der Waals surface area contributed by atoms with Gasteiger partial charge in [-0.3, -0.25) is 0 Å². The van der Waals surface area contributed by atoms with Gasteiger partial charge in [-0.2, -0.15) is 0 Å². The molecular weight excluding hydrogens is 226 g/mol. The minimum Gasteiger partial charge on any atom is -0.239 e. The van der Waals surface area contributed by atoms with Crippen LogP contribution in [0.3, 0.4) is 0 Å². The van der Waals surface area contributed by atoms with Crippen LogP contribution in [0.4, 0.5) is 8.78 Å². The largest absolute Gasteiger partial charge is 0.239 e. The molecule has 0 saturated carbocycles. The molecule has 68 valence electrons. The van der Waals surface area contributed by atoms with Gasteiger partial charge in [-0.25, -0.2) is 8.78 Å². The smallest absolute Gasteiger partial charge is 0.139 e. The van der Waals surface area contributed by atoms with Crippen LogP contribution in [0.25, 0.3) is 0 Å². The molecular formula is C9H11BrF2. The molecule has 1 atom stereocenters. The van der Waals surface area contributed by atoms with Gasteiger partial charge in [0.05, 0.1) is 0 Å². The second kappa shape index (κ2) is 3.29. The van der Waals surface area contributed by atoms with E-state index >= 15 is 0 Å². The fraction of sp³-hybridized carbons (Fsp3) is 0.556. The van der Waals surface area contributed by atoms with E-state index in [9.17, 15) is 8.78 Å². The van der Waals surface area contributed by atoms with E-state index in [1.165, 1.54) is 6.08 Å². The Kier molecular flexibility index (Phi) is 2.71. The van der Waals surface area contributed by atoms with Crippen LogP contribution in [-0.2, 0) is 0 Å². The molecule has 0 amide bonds. The Bertz CT molecular complexity index is 243. The summed E-state index contributed by atoms with van der Waals surface area (Å²) in [4.78, 5) is 0. The summed E-state index contributed by atoms with van der Waals surface area (Å²) in [5, 5.41) is 0. The summed E-state index contributed by atoms with van der Waals surface area (Å²) >= 11 is 3.11. The van der Waals surface area contributed by atoms with Gasteiger partial charge >= 0.3 is 0 Å². The van der Waals surface area contributed by atoms with Crippen LogP contribution in [0.1, 0.15) is 20.3 Å². The van der Waals surface area contributed by atoms with Crippen molar-refractivity contribution in [2.45, 2.75) is 25.9 Å². The molecule has 1 aliphatic rings. The summed E-state index contributed by atoms with van der Waals surface area (Å²) in [6, 6.07) is 0. The maximum Gasteiger partial charge on any atom is 0.139 e. The van der Waals surface area contributed by atoms with Crippen molar-refractivity contribution >= 4 is 15.9 Å². The van der Waals surface area contributed by atoms with Crippen LogP contribution in [-0.4, -0.2) is 5.67 Å². The van der Waals surface area contributed by atoms with Gasteiger partial charge in [0.15, 0.2) is 0 Å². The topological polar surface area (TPSA) is 0 Å². The van der Waals surface area contributed by atoms with Gasteiger partial charge in [0.1, 0.15) is 11.5 Å². The monoisotopic (exact) mass is 236 g/mol. The van der Waals surface area contributed by atoms with Crippen LogP contribution in [0.2, 0.25) is 0 Å². The SMILES string of the molecule is CC(C)C1(F)C=C(F)C=C(Br)C1. The summed E-state index contributed by atoms with van der Waals surface area (Å²) < 4.78 is 27.2. The molecule has 0 saturated heterocycles. The molecule has 1 unspecified atom stereocenters. The Morgan fingerprint density at radius 3 is 2.58 bits per heavy atom. The number of hydrogen-bond donors (Lipinski definition) is 0. The van der Waals surface area contributed by atoms with Crippen molar-refractivity contribution < 1.29 is 8.78 Å². The second-order valence-electron chi connectivity index (χ2n) is 3.38. The lowest BCUT2D eigenvalue weighted by atomic mass is 9.86. The predicted octanol–water partition coefficient (Wildman–Crippen LogP) is 3.89. The van der Waals surface area contributed by atoms with E-state index in [0.717, 1.165) is 6.08 Å². The lowest BCUT2D eigenvalue weighted by Crippen LogP contribution is -2.29. The number of rotatable bonds is 1.